The van der Waals surface area contributed by atoms with Gasteiger partial charge in [-0.25, -0.2) is 4.79 Å². The molecule has 1 atom stereocenters. The van der Waals surface area contributed by atoms with Gasteiger partial charge in [0.05, 0.1) is 13.7 Å². The summed E-state index contributed by atoms with van der Waals surface area (Å²) in [6, 6.07) is 2.14. The van der Waals surface area contributed by atoms with Gasteiger partial charge in [-0.3, -0.25) is 0 Å². The average Bonchev–Trinajstić information content (AvgIpc) is 2.66. The average molecular weight is 239 g/mol. The Bertz CT molecular complexity index is 382. The van der Waals surface area contributed by atoms with E-state index >= 15 is 0 Å². The predicted octanol–water partition coefficient (Wildman–Crippen LogP) is 2.51. The fourth-order valence-corrected chi connectivity index (χ4v) is 1.44. The Balaban J connectivity index is 2.65. The Hall–Kier alpha value is -1.29. The molecule has 4 nitrogen and oxygen atoms in total. The fourth-order valence-electron chi connectivity index (χ4n) is 1.44. The maximum atomic E-state index is 11.4. The third kappa shape index (κ3) is 3.60. The molecule has 1 N–H and O–H groups in total. The molecule has 0 aromatic carbocycles. The van der Waals surface area contributed by atoms with Crippen LogP contribution < -0.4 is 5.32 Å². The molecule has 0 aliphatic carbocycles. The Morgan fingerprint density at radius 1 is 1.47 bits per heavy atom. The summed E-state index contributed by atoms with van der Waals surface area (Å²) in [6.45, 7) is 8.83. The van der Waals surface area contributed by atoms with E-state index in [-0.39, 0.29) is 5.97 Å². The highest BCUT2D eigenvalue weighted by Crippen LogP contribution is 2.16. The van der Waals surface area contributed by atoms with Gasteiger partial charge in [0, 0.05) is 6.04 Å². The number of nitrogens with one attached hydrogen (secondary N) is 1. The van der Waals surface area contributed by atoms with Gasteiger partial charge in [0.2, 0.25) is 0 Å². The maximum Gasteiger partial charge on any atom is 0.341 e. The molecule has 0 fully saturated rings. The van der Waals surface area contributed by atoms with E-state index in [1.165, 1.54) is 7.11 Å². The second kappa shape index (κ2) is 5.87. The second-order valence-corrected chi connectivity index (χ2v) is 4.59. The summed E-state index contributed by atoms with van der Waals surface area (Å²) >= 11 is 0. The highest BCUT2D eigenvalue weighted by molar-refractivity contribution is 5.90. The zero-order chi connectivity index (χ0) is 13.0. The molecule has 0 saturated heterocycles. The Kier molecular flexibility index (Phi) is 4.75. The third-order valence-electron chi connectivity index (χ3n) is 2.97. The number of esters is 1. The van der Waals surface area contributed by atoms with E-state index < -0.39 is 0 Å². The van der Waals surface area contributed by atoms with Crippen LogP contribution in [0, 0.1) is 12.8 Å². The molecule has 1 unspecified atom stereocenters. The molecule has 0 aliphatic heterocycles. The van der Waals surface area contributed by atoms with Crippen LogP contribution in [0.1, 0.15) is 42.6 Å². The van der Waals surface area contributed by atoms with E-state index in [2.05, 4.69) is 30.8 Å². The van der Waals surface area contributed by atoms with E-state index in [1.54, 1.807) is 13.0 Å². The molecular formula is C13H21NO3. The molecular weight excluding hydrogens is 218 g/mol. The van der Waals surface area contributed by atoms with E-state index in [1.807, 2.05) is 0 Å². The van der Waals surface area contributed by atoms with Crippen LogP contribution >= 0.6 is 0 Å². The van der Waals surface area contributed by atoms with Crippen LogP contribution in [-0.2, 0) is 11.3 Å². The number of hydrogen-bond acceptors (Lipinski definition) is 4. The highest BCUT2D eigenvalue weighted by atomic mass is 16.5. The fraction of sp³-hybridized carbons (Fsp3) is 0.615. The molecule has 1 heterocycles. The first-order valence-electron chi connectivity index (χ1n) is 5.86. The molecule has 17 heavy (non-hydrogen) atoms. The van der Waals surface area contributed by atoms with E-state index in [0.29, 0.717) is 29.8 Å². The van der Waals surface area contributed by atoms with Gasteiger partial charge >= 0.3 is 5.97 Å². The molecule has 0 aliphatic rings. The number of furan rings is 1. The first-order chi connectivity index (χ1) is 7.95. The lowest BCUT2D eigenvalue weighted by Gasteiger charge is -2.16. The van der Waals surface area contributed by atoms with Crippen LogP contribution in [0.25, 0.3) is 0 Å². The molecule has 0 bridgehead atoms. The predicted molar refractivity (Wildman–Crippen MR) is 65.9 cm³/mol. The normalized spacial score (nSPS) is 12.8. The van der Waals surface area contributed by atoms with Crippen molar-refractivity contribution in [2.45, 2.75) is 40.3 Å². The maximum absolute atomic E-state index is 11.4. The van der Waals surface area contributed by atoms with Gasteiger partial charge in [-0.15, -0.1) is 0 Å². The van der Waals surface area contributed by atoms with Crippen LogP contribution in [0.3, 0.4) is 0 Å². The monoisotopic (exact) mass is 239 g/mol. The summed E-state index contributed by atoms with van der Waals surface area (Å²) < 4.78 is 10.2. The van der Waals surface area contributed by atoms with Crippen molar-refractivity contribution >= 4 is 5.97 Å². The summed E-state index contributed by atoms with van der Waals surface area (Å²) in [5, 5.41) is 3.35. The summed E-state index contributed by atoms with van der Waals surface area (Å²) in [4.78, 5) is 11.4. The van der Waals surface area contributed by atoms with Crippen LogP contribution in [0.5, 0.6) is 0 Å². The Labute approximate surface area is 102 Å². The first kappa shape index (κ1) is 13.8. The number of aryl methyl sites for hydroxylation is 1. The highest BCUT2D eigenvalue weighted by Gasteiger charge is 2.15. The standard InChI is InChI=1S/C13H21NO3/c1-8(2)9(3)14-7-11-6-12(10(4)17-11)13(15)16-5/h6,8-9,14H,7H2,1-5H3. The zero-order valence-corrected chi connectivity index (χ0v) is 11.2. The van der Waals surface area contributed by atoms with Crippen molar-refractivity contribution in [2.24, 2.45) is 5.92 Å². The molecule has 0 amide bonds. The second-order valence-electron chi connectivity index (χ2n) is 4.59. The summed E-state index contributed by atoms with van der Waals surface area (Å²) in [7, 11) is 1.37. The van der Waals surface area contributed by atoms with Gasteiger partial charge in [0.25, 0.3) is 0 Å². The van der Waals surface area contributed by atoms with E-state index in [9.17, 15) is 4.79 Å². The number of methoxy groups -OCH3 is 1. The van der Waals surface area contributed by atoms with Crippen LogP contribution in [0.15, 0.2) is 10.5 Å². The first-order valence-corrected chi connectivity index (χ1v) is 5.86. The number of carbonyl (C=O) groups excluding carboxylic acids is 1. The van der Waals surface area contributed by atoms with Crippen molar-refractivity contribution in [1.29, 1.82) is 0 Å². The number of ether oxygens (including phenoxy) is 1. The Morgan fingerprint density at radius 2 is 2.12 bits per heavy atom. The van der Waals surface area contributed by atoms with E-state index in [4.69, 9.17) is 4.42 Å². The van der Waals surface area contributed by atoms with Crippen molar-refractivity contribution in [3.63, 3.8) is 0 Å². The minimum Gasteiger partial charge on any atom is -0.465 e. The Morgan fingerprint density at radius 3 is 2.65 bits per heavy atom. The van der Waals surface area contributed by atoms with Crippen molar-refractivity contribution < 1.29 is 13.9 Å². The molecule has 4 heteroatoms. The molecule has 0 radical (unpaired) electrons. The van der Waals surface area contributed by atoms with Gasteiger partial charge in [0.1, 0.15) is 17.1 Å². The summed E-state index contributed by atoms with van der Waals surface area (Å²) in [5.41, 5.74) is 0.501. The van der Waals surface area contributed by atoms with Gasteiger partial charge in [-0.05, 0) is 25.8 Å². The number of rotatable bonds is 5. The van der Waals surface area contributed by atoms with Gasteiger partial charge in [-0.2, -0.15) is 0 Å². The van der Waals surface area contributed by atoms with E-state index in [0.717, 1.165) is 5.76 Å². The van der Waals surface area contributed by atoms with Crippen LogP contribution in [0.4, 0.5) is 0 Å². The van der Waals surface area contributed by atoms with Crippen LogP contribution in [-0.4, -0.2) is 19.1 Å². The lowest BCUT2D eigenvalue weighted by Crippen LogP contribution is -2.29. The van der Waals surface area contributed by atoms with Crippen molar-refractivity contribution in [3.05, 3.63) is 23.2 Å². The minimum atomic E-state index is -0.352. The summed E-state index contributed by atoms with van der Waals surface area (Å²) in [5.74, 6) is 1.57. The molecule has 1 rings (SSSR count). The smallest absolute Gasteiger partial charge is 0.341 e. The third-order valence-corrected chi connectivity index (χ3v) is 2.97. The summed E-state index contributed by atoms with van der Waals surface area (Å²) in [6.07, 6.45) is 0. The molecule has 1 aromatic heterocycles. The minimum absolute atomic E-state index is 0.352. The topological polar surface area (TPSA) is 51.5 Å². The van der Waals surface area contributed by atoms with Crippen molar-refractivity contribution in [2.75, 3.05) is 7.11 Å². The van der Waals surface area contributed by atoms with Crippen molar-refractivity contribution in [1.82, 2.24) is 5.32 Å². The van der Waals surface area contributed by atoms with Gasteiger partial charge < -0.3 is 14.5 Å². The molecule has 0 spiro atoms. The lowest BCUT2D eigenvalue weighted by molar-refractivity contribution is 0.0599. The lowest BCUT2D eigenvalue weighted by atomic mass is 10.1. The van der Waals surface area contributed by atoms with Crippen molar-refractivity contribution in [3.8, 4) is 0 Å². The SMILES string of the molecule is COC(=O)c1cc(CNC(C)C(C)C)oc1C. The van der Waals surface area contributed by atoms with Gasteiger partial charge in [0.15, 0.2) is 0 Å². The number of carbonyl (C=O) groups is 1. The quantitative estimate of drug-likeness (QED) is 0.802. The number of hydrogen-bond donors (Lipinski definition) is 1. The van der Waals surface area contributed by atoms with Gasteiger partial charge in [-0.1, -0.05) is 13.8 Å². The van der Waals surface area contributed by atoms with Crippen LogP contribution in [0.2, 0.25) is 0 Å². The zero-order valence-electron chi connectivity index (χ0n) is 11.2. The molecule has 0 saturated carbocycles. The molecule has 96 valence electrons. The molecule has 1 aromatic rings. The largest absolute Gasteiger partial charge is 0.465 e.